The minimum Gasteiger partial charge on any atom is -0.387 e. The fraction of sp³-hybridized carbons (Fsp3) is 0.333. The molecule has 3 aliphatic rings. The number of likely N-dealkylation sites (N-methyl/N-ethyl adjacent to an activating group) is 1. The fourth-order valence-corrected chi connectivity index (χ4v) is 7.86. The molecule has 1 unspecified atom stereocenters. The van der Waals surface area contributed by atoms with Gasteiger partial charge in [0.25, 0.3) is 0 Å². The Balaban J connectivity index is 1.91. The summed E-state index contributed by atoms with van der Waals surface area (Å²) in [5.74, 6) is 0. The number of hydrogen-bond acceptors (Lipinski definition) is 2. The molecule has 1 fully saturated rings. The van der Waals surface area contributed by atoms with Gasteiger partial charge in [-0.2, -0.15) is 0 Å². The van der Waals surface area contributed by atoms with Crippen LogP contribution in [0.15, 0.2) is 51.9 Å². The molecule has 1 aromatic carbocycles. The lowest BCUT2D eigenvalue weighted by atomic mass is 9.97. The van der Waals surface area contributed by atoms with Gasteiger partial charge < -0.3 is 10.6 Å². The minimum atomic E-state index is -1.17. The van der Waals surface area contributed by atoms with Crippen molar-refractivity contribution < 1.29 is 0 Å². The van der Waals surface area contributed by atoms with Crippen LogP contribution in [0.1, 0.15) is 23.6 Å². The normalized spacial score (nSPS) is 25.0. The molecule has 4 rings (SSSR count). The summed E-state index contributed by atoms with van der Waals surface area (Å²) in [6, 6.07) is 9.10. The van der Waals surface area contributed by atoms with E-state index in [1.807, 2.05) is 7.05 Å². The topological polar surface area (TPSA) is 24.1 Å². The molecule has 0 saturated carbocycles. The van der Waals surface area contributed by atoms with Gasteiger partial charge in [0, 0.05) is 23.9 Å². The predicted molar refractivity (Wildman–Crippen MR) is 91.4 cm³/mol. The van der Waals surface area contributed by atoms with Crippen molar-refractivity contribution in [1.29, 1.82) is 0 Å². The Hall–Kier alpha value is -1.58. The summed E-state index contributed by atoms with van der Waals surface area (Å²) in [6.45, 7) is 4.95. The van der Waals surface area contributed by atoms with Gasteiger partial charge in [0.05, 0.1) is 6.04 Å². The lowest BCUT2D eigenvalue weighted by Crippen LogP contribution is -2.19. The smallest absolute Gasteiger partial charge is 0.111 e. The van der Waals surface area contributed by atoms with E-state index in [9.17, 15) is 0 Å². The maximum absolute atomic E-state index is 3.54. The van der Waals surface area contributed by atoms with Crippen molar-refractivity contribution >= 4 is 13.8 Å². The largest absolute Gasteiger partial charge is 0.387 e. The van der Waals surface area contributed by atoms with E-state index in [0.717, 1.165) is 6.42 Å². The fourth-order valence-electron chi connectivity index (χ4n) is 4.26. The van der Waals surface area contributed by atoms with Crippen LogP contribution in [-0.4, -0.2) is 22.2 Å². The molecule has 0 radical (unpaired) electrons. The van der Waals surface area contributed by atoms with Crippen molar-refractivity contribution in [3.8, 4) is 0 Å². The second-order valence-electron chi connectivity index (χ2n) is 6.65. The van der Waals surface area contributed by atoms with Gasteiger partial charge in [0.1, 0.15) is 8.07 Å². The number of allylic oxidation sites excluding steroid dienone is 3. The molecule has 0 amide bonds. The molecule has 1 aliphatic heterocycles. The SMILES string of the molecule is CNC1=C(C2=C3C(=CC2)[Si]3(C)C)C(NC)c2ccccc21. The molecule has 0 bridgehead atoms. The van der Waals surface area contributed by atoms with Crippen LogP contribution in [-0.2, 0) is 0 Å². The van der Waals surface area contributed by atoms with Gasteiger partial charge >= 0.3 is 0 Å². The van der Waals surface area contributed by atoms with Crippen LogP contribution in [0.25, 0.3) is 5.70 Å². The van der Waals surface area contributed by atoms with Crippen molar-refractivity contribution in [1.82, 2.24) is 10.6 Å². The molecular weight excluding hydrogens is 272 g/mol. The van der Waals surface area contributed by atoms with Crippen LogP contribution in [0, 0.1) is 0 Å². The van der Waals surface area contributed by atoms with E-state index < -0.39 is 8.07 Å². The Morgan fingerprint density at radius 2 is 1.90 bits per heavy atom. The molecule has 108 valence electrons. The van der Waals surface area contributed by atoms with E-state index in [1.165, 1.54) is 22.4 Å². The van der Waals surface area contributed by atoms with Crippen molar-refractivity contribution in [2.24, 2.45) is 0 Å². The summed E-state index contributed by atoms with van der Waals surface area (Å²) in [7, 11) is 2.95. The van der Waals surface area contributed by atoms with Gasteiger partial charge in [-0.05, 0) is 24.6 Å². The highest BCUT2D eigenvalue weighted by atomic mass is 28.3. The molecule has 2 aliphatic carbocycles. The molecule has 1 saturated heterocycles. The molecule has 21 heavy (non-hydrogen) atoms. The van der Waals surface area contributed by atoms with Gasteiger partial charge in [0.15, 0.2) is 0 Å². The van der Waals surface area contributed by atoms with Gasteiger partial charge in [0.2, 0.25) is 0 Å². The number of rotatable bonds is 3. The minimum absolute atomic E-state index is 0.323. The predicted octanol–water partition coefficient (Wildman–Crippen LogP) is 3.32. The standard InChI is InChI=1S/C18H22N2Si/c1-19-16-11-7-5-6-8-12(11)17(20-2)15(16)13-9-10-14-18(13)21(14,3)4/h5-8,10,16,19-20H,9H2,1-4H3. The maximum atomic E-state index is 3.54. The maximum Gasteiger partial charge on any atom is 0.111 e. The Morgan fingerprint density at radius 1 is 1.14 bits per heavy atom. The monoisotopic (exact) mass is 294 g/mol. The first-order valence-corrected chi connectivity index (χ1v) is 10.7. The average molecular weight is 294 g/mol. The molecule has 1 aromatic rings. The van der Waals surface area contributed by atoms with E-state index in [1.54, 1.807) is 16.0 Å². The van der Waals surface area contributed by atoms with E-state index in [0.29, 0.717) is 6.04 Å². The number of benzene rings is 1. The Morgan fingerprint density at radius 3 is 2.52 bits per heavy atom. The first-order chi connectivity index (χ1) is 10.1. The number of nitrogens with one attached hydrogen (secondary N) is 2. The molecular formula is C18H22N2Si. The van der Waals surface area contributed by atoms with Crippen molar-refractivity contribution in [2.45, 2.75) is 25.6 Å². The Bertz CT molecular complexity index is 737. The van der Waals surface area contributed by atoms with E-state index in [-0.39, 0.29) is 0 Å². The van der Waals surface area contributed by atoms with Gasteiger partial charge in [-0.15, -0.1) is 0 Å². The summed E-state index contributed by atoms with van der Waals surface area (Å²) in [6.07, 6.45) is 3.60. The third-order valence-corrected chi connectivity index (χ3v) is 8.65. The summed E-state index contributed by atoms with van der Waals surface area (Å²) in [4.78, 5) is 0. The van der Waals surface area contributed by atoms with Gasteiger partial charge in [-0.25, -0.2) is 0 Å². The van der Waals surface area contributed by atoms with Crippen LogP contribution in [0.2, 0.25) is 13.1 Å². The zero-order valence-electron chi connectivity index (χ0n) is 13.2. The summed E-state index contributed by atoms with van der Waals surface area (Å²) < 4.78 is 0. The van der Waals surface area contributed by atoms with Crippen LogP contribution in [0.4, 0.5) is 0 Å². The lowest BCUT2D eigenvalue weighted by molar-refractivity contribution is 0.692. The number of fused-ring (bicyclic) bond motifs is 2. The van der Waals surface area contributed by atoms with Gasteiger partial charge in [-0.3, -0.25) is 0 Å². The number of hydrogen-bond donors (Lipinski definition) is 2. The molecule has 2 N–H and O–H groups in total. The van der Waals surface area contributed by atoms with Crippen LogP contribution >= 0.6 is 0 Å². The van der Waals surface area contributed by atoms with Crippen LogP contribution in [0.3, 0.4) is 0 Å². The molecule has 0 aromatic heterocycles. The average Bonchev–Trinajstić information content (AvgIpc) is 2.88. The third kappa shape index (κ3) is 1.56. The van der Waals surface area contributed by atoms with E-state index >= 15 is 0 Å². The molecule has 3 heteroatoms. The zero-order chi connectivity index (χ0) is 14.8. The highest BCUT2D eigenvalue weighted by molar-refractivity contribution is 7.06. The molecule has 0 spiro atoms. The van der Waals surface area contributed by atoms with Crippen molar-refractivity contribution in [3.05, 3.63) is 63.0 Å². The van der Waals surface area contributed by atoms with E-state index in [4.69, 9.17) is 0 Å². The molecule has 1 heterocycles. The third-order valence-electron chi connectivity index (χ3n) is 5.28. The second kappa shape index (κ2) is 4.21. The lowest BCUT2D eigenvalue weighted by Gasteiger charge is -2.19. The first-order valence-electron chi connectivity index (χ1n) is 7.74. The summed E-state index contributed by atoms with van der Waals surface area (Å²) in [5, 5.41) is 10.4. The van der Waals surface area contributed by atoms with Crippen LogP contribution < -0.4 is 10.6 Å². The first kappa shape index (κ1) is 13.1. The van der Waals surface area contributed by atoms with Crippen molar-refractivity contribution in [2.75, 3.05) is 14.1 Å². The summed E-state index contributed by atoms with van der Waals surface area (Å²) in [5.41, 5.74) is 7.16. The quantitative estimate of drug-likeness (QED) is 0.836. The highest BCUT2D eigenvalue weighted by Crippen LogP contribution is 2.58. The Kier molecular flexibility index (Phi) is 2.63. The Labute approximate surface area is 127 Å². The van der Waals surface area contributed by atoms with E-state index in [2.05, 4.69) is 61.1 Å². The second-order valence-corrected chi connectivity index (χ2v) is 10.9. The summed E-state index contributed by atoms with van der Waals surface area (Å²) >= 11 is 0. The molecule has 2 nitrogen and oxygen atoms in total. The molecule has 1 atom stereocenters. The van der Waals surface area contributed by atoms with Gasteiger partial charge in [-0.1, -0.05) is 53.8 Å². The van der Waals surface area contributed by atoms with Crippen molar-refractivity contribution in [3.63, 3.8) is 0 Å². The zero-order valence-corrected chi connectivity index (χ0v) is 14.2. The van der Waals surface area contributed by atoms with Crippen LogP contribution in [0.5, 0.6) is 0 Å². The highest BCUT2D eigenvalue weighted by Gasteiger charge is 2.53.